The van der Waals surface area contributed by atoms with Crippen molar-refractivity contribution in [3.8, 4) is 5.75 Å². The van der Waals surface area contributed by atoms with Crippen molar-refractivity contribution in [1.29, 1.82) is 0 Å². The van der Waals surface area contributed by atoms with Gasteiger partial charge in [0, 0.05) is 11.6 Å². The molecule has 0 saturated heterocycles. The monoisotopic (exact) mass is 361 g/mol. The highest BCUT2D eigenvalue weighted by atomic mass is 19.4. The van der Waals surface area contributed by atoms with E-state index in [-0.39, 0.29) is 6.61 Å². The highest BCUT2D eigenvalue weighted by Crippen LogP contribution is 2.30. The molecule has 3 rings (SSSR count). The third-order valence-corrected chi connectivity index (χ3v) is 3.83. The van der Waals surface area contributed by atoms with Crippen LogP contribution in [0.3, 0.4) is 0 Å². The normalized spacial score (nSPS) is 11.4. The minimum absolute atomic E-state index is 0.0836. The average Bonchev–Trinajstić information content (AvgIpc) is 2.64. The van der Waals surface area contributed by atoms with Crippen LogP contribution in [0.25, 0.3) is 10.8 Å². The van der Waals surface area contributed by atoms with Crippen LogP contribution in [0.15, 0.2) is 54.7 Å². The number of hydrogen-bond acceptors (Lipinski definition) is 4. The Bertz CT molecular complexity index is 937. The number of fused-ring (bicyclic) bond motifs is 1. The molecule has 0 amide bonds. The summed E-state index contributed by atoms with van der Waals surface area (Å²) in [4.78, 5) is 15.9. The van der Waals surface area contributed by atoms with Crippen molar-refractivity contribution in [2.24, 2.45) is 0 Å². The Labute approximate surface area is 147 Å². The number of aromatic nitrogens is 1. The van der Waals surface area contributed by atoms with E-state index in [9.17, 15) is 18.0 Å². The van der Waals surface area contributed by atoms with E-state index in [4.69, 9.17) is 9.47 Å². The summed E-state index contributed by atoms with van der Waals surface area (Å²) in [5, 5.41) is 1.57. The summed E-state index contributed by atoms with van der Waals surface area (Å²) in [5.74, 6) is -0.130. The molecule has 0 aliphatic heterocycles. The predicted molar refractivity (Wildman–Crippen MR) is 88.9 cm³/mol. The number of rotatable bonds is 4. The Kier molecular flexibility index (Phi) is 4.79. The molecule has 1 aromatic heterocycles. The number of hydrogen-bond donors (Lipinski definition) is 0. The molecule has 134 valence electrons. The van der Waals surface area contributed by atoms with Crippen LogP contribution in [-0.2, 0) is 17.5 Å². The van der Waals surface area contributed by atoms with Gasteiger partial charge in [-0.2, -0.15) is 13.2 Å². The Morgan fingerprint density at radius 3 is 2.46 bits per heavy atom. The molecule has 3 aromatic rings. The van der Waals surface area contributed by atoms with E-state index < -0.39 is 17.7 Å². The SMILES string of the molecule is COC(=O)c1ccc2c(COc3ccc(C(F)(F)F)cc3)nccc2c1. The van der Waals surface area contributed by atoms with Crippen LogP contribution < -0.4 is 4.74 Å². The van der Waals surface area contributed by atoms with E-state index in [2.05, 4.69) is 4.98 Å². The lowest BCUT2D eigenvalue weighted by Crippen LogP contribution is -2.05. The zero-order valence-corrected chi connectivity index (χ0v) is 13.7. The summed E-state index contributed by atoms with van der Waals surface area (Å²) in [6.07, 6.45) is -2.80. The highest BCUT2D eigenvalue weighted by Gasteiger charge is 2.30. The molecule has 0 spiro atoms. The van der Waals surface area contributed by atoms with Crippen molar-refractivity contribution < 1.29 is 27.4 Å². The van der Waals surface area contributed by atoms with E-state index in [1.54, 1.807) is 30.5 Å². The molecular weight excluding hydrogens is 347 g/mol. The molecule has 26 heavy (non-hydrogen) atoms. The van der Waals surface area contributed by atoms with Crippen LogP contribution in [-0.4, -0.2) is 18.1 Å². The predicted octanol–water partition coefficient (Wildman–Crippen LogP) is 4.62. The summed E-state index contributed by atoms with van der Waals surface area (Å²) in [6, 6.07) is 11.3. The van der Waals surface area contributed by atoms with E-state index >= 15 is 0 Å². The van der Waals surface area contributed by atoms with Crippen LogP contribution in [0.2, 0.25) is 0 Å². The number of nitrogens with zero attached hydrogens (tertiary/aromatic N) is 1. The van der Waals surface area contributed by atoms with Crippen LogP contribution in [0, 0.1) is 0 Å². The smallest absolute Gasteiger partial charge is 0.416 e. The molecule has 0 saturated carbocycles. The molecule has 1 heterocycles. The first-order chi connectivity index (χ1) is 12.4. The fraction of sp³-hybridized carbons (Fsp3) is 0.158. The van der Waals surface area contributed by atoms with Gasteiger partial charge in [0.15, 0.2) is 0 Å². The minimum Gasteiger partial charge on any atom is -0.487 e. The molecule has 4 nitrogen and oxygen atoms in total. The van der Waals surface area contributed by atoms with E-state index in [1.165, 1.54) is 19.2 Å². The van der Waals surface area contributed by atoms with Crippen molar-refractivity contribution in [2.75, 3.05) is 7.11 Å². The standard InChI is InChI=1S/C19H14F3NO3/c1-25-18(24)13-2-7-16-12(10-13)8-9-23-17(16)11-26-15-5-3-14(4-6-15)19(20,21)22/h2-10H,11H2,1H3. The zero-order chi connectivity index (χ0) is 18.7. The topological polar surface area (TPSA) is 48.4 Å². The summed E-state index contributed by atoms with van der Waals surface area (Å²) in [7, 11) is 1.31. The maximum atomic E-state index is 12.6. The number of pyridine rings is 1. The summed E-state index contributed by atoms with van der Waals surface area (Å²) in [5.41, 5.74) is 0.295. The summed E-state index contributed by atoms with van der Waals surface area (Å²) in [6.45, 7) is 0.0836. The first-order valence-corrected chi connectivity index (χ1v) is 7.64. The van der Waals surface area contributed by atoms with Crippen molar-refractivity contribution in [3.63, 3.8) is 0 Å². The van der Waals surface area contributed by atoms with Crippen molar-refractivity contribution >= 4 is 16.7 Å². The lowest BCUT2D eigenvalue weighted by atomic mass is 10.1. The largest absolute Gasteiger partial charge is 0.487 e. The Hall–Kier alpha value is -3.09. The maximum absolute atomic E-state index is 12.6. The van der Waals surface area contributed by atoms with Gasteiger partial charge in [-0.05, 0) is 47.9 Å². The van der Waals surface area contributed by atoms with E-state index in [1.807, 2.05) is 0 Å². The number of carbonyl (C=O) groups excluding carboxylic acids is 1. The number of esters is 1. The molecule has 0 N–H and O–H groups in total. The lowest BCUT2D eigenvalue weighted by Gasteiger charge is -2.10. The number of carbonyl (C=O) groups is 1. The van der Waals surface area contributed by atoms with E-state index in [0.717, 1.165) is 22.9 Å². The van der Waals surface area contributed by atoms with Gasteiger partial charge >= 0.3 is 12.1 Å². The summed E-state index contributed by atoms with van der Waals surface area (Å²) < 4.78 is 48.0. The second-order valence-corrected chi connectivity index (χ2v) is 5.50. The van der Waals surface area contributed by atoms with E-state index in [0.29, 0.717) is 17.0 Å². The molecule has 0 unspecified atom stereocenters. The van der Waals surface area contributed by atoms with Crippen molar-refractivity contribution in [3.05, 3.63) is 71.5 Å². The van der Waals surface area contributed by atoms with Crippen molar-refractivity contribution in [1.82, 2.24) is 4.98 Å². The molecule has 0 aliphatic carbocycles. The third-order valence-electron chi connectivity index (χ3n) is 3.83. The second kappa shape index (κ2) is 7.03. The quantitative estimate of drug-likeness (QED) is 0.636. The fourth-order valence-electron chi connectivity index (χ4n) is 2.49. The van der Waals surface area contributed by atoms with Gasteiger partial charge in [0.05, 0.1) is 23.9 Å². The van der Waals surface area contributed by atoms with Gasteiger partial charge in [0.2, 0.25) is 0 Å². The minimum atomic E-state index is -4.38. The Morgan fingerprint density at radius 1 is 1.08 bits per heavy atom. The van der Waals surface area contributed by atoms with Gasteiger partial charge in [-0.25, -0.2) is 4.79 Å². The molecule has 0 fully saturated rings. The molecule has 7 heteroatoms. The number of halogens is 3. The van der Waals surface area contributed by atoms with Crippen LogP contribution in [0.5, 0.6) is 5.75 Å². The highest BCUT2D eigenvalue weighted by molar-refractivity contribution is 5.95. The number of benzene rings is 2. The molecular formula is C19H14F3NO3. The van der Waals surface area contributed by atoms with Gasteiger partial charge in [0.25, 0.3) is 0 Å². The van der Waals surface area contributed by atoms with Crippen LogP contribution in [0.4, 0.5) is 13.2 Å². The van der Waals surface area contributed by atoms with Crippen LogP contribution >= 0.6 is 0 Å². The maximum Gasteiger partial charge on any atom is 0.416 e. The fourth-order valence-corrected chi connectivity index (χ4v) is 2.49. The second-order valence-electron chi connectivity index (χ2n) is 5.50. The third kappa shape index (κ3) is 3.77. The molecule has 0 radical (unpaired) electrons. The lowest BCUT2D eigenvalue weighted by molar-refractivity contribution is -0.137. The first-order valence-electron chi connectivity index (χ1n) is 7.64. The number of ether oxygens (including phenoxy) is 2. The molecule has 0 aliphatic rings. The number of methoxy groups -OCH3 is 1. The van der Waals surface area contributed by atoms with Gasteiger partial charge in [0.1, 0.15) is 12.4 Å². The van der Waals surface area contributed by atoms with Crippen LogP contribution in [0.1, 0.15) is 21.6 Å². The average molecular weight is 361 g/mol. The van der Waals surface area contributed by atoms with Gasteiger partial charge < -0.3 is 9.47 Å². The number of alkyl halides is 3. The zero-order valence-electron chi connectivity index (χ0n) is 13.7. The van der Waals surface area contributed by atoms with Gasteiger partial charge in [-0.15, -0.1) is 0 Å². The Balaban J connectivity index is 1.79. The Morgan fingerprint density at radius 2 is 1.81 bits per heavy atom. The van der Waals surface area contributed by atoms with Crippen molar-refractivity contribution in [2.45, 2.75) is 12.8 Å². The molecule has 0 atom stereocenters. The first kappa shape index (κ1) is 17.7. The van der Waals surface area contributed by atoms with Gasteiger partial charge in [-0.3, -0.25) is 4.98 Å². The molecule has 2 aromatic carbocycles. The summed E-state index contributed by atoms with van der Waals surface area (Å²) >= 11 is 0. The molecule has 0 bridgehead atoms. The van der Waals surface area contributed by atoms with Gasteiger partial charge in [-0.1, -0.05) is 6.07 Å².